The molecule has 110 valence electrons. The molecule has 0 amide bonds. The largest absolute Gasteiger partial charge is 0.354 e. The lowest BCUT2D eigenvalue weighted by Gasteiger charge is -2.26. The molecule has 0 unspecified atom stereocenters. The minimum Gasteiger partial charge on any atom is -0.354 e. The number of nitrogens with one attached hydrogen (secondary N) is 1. The van der Waals surface area contributed by atoms with Crippen LogP contribution in [-0.2, 0) is 6.54 Å². The van der Waals surface area contributed by atoms with Crippen LogP contribution in [0, 0.1) is 0 Å². The molecule has 1 aromatic carbocycles. The molecule has 2 aromatic rings. The average molecular weight is 405 g/mol. The van der Waals surface area contributed by atoms with Crippen molar-refractivity contribution in [2.75, 3.05) is 18.0 Å². The molecule has 1 aliphatic rings. The number of hydrogen-bond donors (Lipinski definition) is 1. The summed E-state index contributed by atoms with van der Waals surface area (Å²) in [4.78, 5) is 7.77. The molecule has 0 spiro atoms. The molecular weight excluding hydrogens is 393 g/mol. The minimum absolute atomic E-state index is 0.599. The summed E-state index contributed by atoms with van der Waals surface area (Å²) in [6.07, 6.45) is 0. The van der Waals surface area contributed by atoms with E-state index >= 15 is 0 Å². The van der Waals surface area contributed by atoms with Crippen LogP contribution < -0.4 is 10.2 Å². The van der Waals surface area contributed by atoms with E-state index < -0.39 is 0 Å². The molecule has 0 saturated carbocycles. The van der Waals surface area contributed by atoms with Gasteiger partial charge in [0.15, 0.2) is 5.96 Å². The number of hydrogen-bond acceptors (Lipinski definition) is 4. The molecule has 0 radical (unpaired) electrons. The van der Waals surface area contributed by atoms with Gasteiger partial charge in [-0.2, -0.15) is 0 Å². The number of thiophene rings is 1. The quantitative estimate of drug-likeness (QED) is 0.796. The standard InChI is InChI=1S/C14H12BrCl2N3S/c15-9-6-11(16)13(12(17)7-9)20(14-18-3-4-19-14)8-10-2-1-5-21-10/h1-2,5-7H,3-4,8H2,(H,18,19). The summed E-state index contributed by atoms with van der Waals surface area (Å²) in [6.45, 7) is 2.29. The molecule has 1 N–H and O–H groups in total. The van der Waals surface area contributed by atoms with Crippen molar-refractivity contribution in [1.29, 1.82) is 0 Å². The van der Waals surface area contributed by atoms with Gasteiger partial charge in [-0.15, -0.1) is 11.3 Å². The van der Waals surface area contributed by atoms with Gasteiger partial charge in [0.1, 0.15) is 0 Å². The van der Waals surface area contributed by atoms with E-state index in [4.69, 9.17) is 23.2 Å². The van der Waals surface area contributed by atoms with Gasteiger partial charge in [0.2, 0.25) is 0 Å². The van der Waals surface area contributed by atoms with E-state index in [0.717, 1.165) is 29.2 Å². The van der Waals surface area contributed by atoms with E-state index in [1.807, 2.05) is 23.1 Å². The van der Waals surface area contributed by atoms with Crippen LogP contribution in [0.2, 0.25) is 10.0 Å². The van der Waals surface area contributed by atoms with Gasteiger partial charge >= 0.3 is 0 Å². The summed E-state index contributed by atoms with van der Waals surface area (Å²) in [5.74, 6) is 0.814. The first-order valence-corrected chi connectivity index (χ1v) is 8.81. The van der Waals surface area contributed by atoms with Crippen molar-refractivity contribution in [3.05, 3.63) is 49.0 Å². The highest BCUT2D eigenvalue weighted by molar-refractivity contribution is 9.10. The number of anilines is 1. The number of nitrogens with zero attached hydrogens (tertiary/aromatic N) is 2. The second kappa shape index (κ2) is 6.57. The summed E-state index contributed by atoms with van der Waals surface area (Å²) in [5, 5.41) is 6.54. The van der Waals surface area contributed by atoms with Crippen LogP contribution >= 0.6 is 50.5 Å². The third-order valence-corrected chi connectivity index (χ3v) is 4.95. The van der Waals surface area contributed by atoms with E-state index in [9.17, 15) is 0 Å². The first kappa shape index (κ1) is 15.2. The van der Waals surface area contributed by atoms with E-state index in [1.165, 1.54) is 4.88 Å². The fourth-order valence-electron chi connectivity index (χ4n) is 2.18. The van der Waals surface area contributed by atoms with Gasteiger partial charge < -0.3 is 10.2 Å². The van der Waals surface area contributed by atoms with Crippen molar-refractivity contribution < 1.29 is 0 Å². The van der Waals surface area contributed by atoms with E-state index in [0.29, 0.717) is 16.6 Å². The molecule has 21 heavy (non-hydrogen) atoms. The van der Waals surface area contributed by atoms with Crippen molar-refractivity contribution in [2.45, 2.75) is 6.54 Å². The van der Waals surface area contributed by atoms with E-state index in [1.54, 1.807) is 11.3 Å². The highest BCUT2D eigenvalue weighted by atomic mass is 79.9. The highest BCUT2D eigenvalue weighted by Crippen LogP contribution is 2.38. The Morgan fingerprint density at radius 2 is 2.10 bits per heavy atom. The van der Waals surface area contributed by atoms with Gasteiger partial charge in [0, 0.05) is 15.9 Å². The van der Waals surface area contributed by atoms with Crippen molar-refractivity contribution in [3.63, 3.8) is 0 Å². The molecule has 7 heteroatoms. The third kappa shape index (κ3) is 3.37. The summed E-state index contributed by atoms with van der Waals surface area (Å²) in [7, 11) is 0. The summed E-state index contributed by atoms with van der Waals surface area (Å²) in [5.41, 5.74) is 0.781. The van der Waals surface area contributed by atoms with Gasteiger partial charge in [-0.3, -0.25) is 4.99 Å². The molecule has 0 saturated heterocycles. The second-order valence-corrected chi connectivity index (χ2v) is 7.28. The Labute approximate surface area is 145 Å². The number of aliphatic imine (C=N–C) groups is 1. The maximum atomic E-state index is 6.41. The summed E-state index contributed by atoms with van der Waals surface area (Å²) in [6, 6.07) is 7.82. The Bertz CT molecular complexity index is 650. The molecule has 2 heterocycles. The van der Waals surface area contributed by atoms with Gasteiger partial charge in [0.05, 0.1) is 28.8 Å². The normalized spacial score (nSPS) is 14.0. The monoisotopic (exact) mass is 403 g/mol. The van der Waals surface area contributed by atoms with Crippen LogP contribution in [-0.4, -0.2) is 19.0 Å². The topological polar surface area (TPSA) is 27.6 Å². The maximum absolute atomic E-state index is 6.41. The smallest absolute Gasteiger partial charge is 0.199 e. The number of benzene rings is 1. The van der Waals surface area contributed by atoms with Gasteiger partial charge in [-0.05, 0) is 23.6 Å². The molecular formula is C14H12BrCl2N3S. The Hall–Kier alpha value is -0.750. The average Bonchev–Trinajstić information content (AvgIpc) is 3.09. The second-order valence-electron chi connectivity index (χ2n) is 4.52. The number of guanidine groups is 1. The lowest BCUT2D eigenvalue weighted by molar-refractivity contribution is 0.930. The number of rotatable bonds is 3. The Morgan fingerprint density at radius 3 is 2.67 bits per heavy atom. The lowest BCUT2D eigenvalue weighted by atomic mass is 10.2. The van der Waals surface area contributed by atoms with Crippen LogP contribution in [0.4, 0.5) is 5.69 Å². The predicted octanol–water partition coefficient (Wildman–Crippen LogP) is 4.78. The molecule has 3 rings (SSSR count). The number of halogens is 3. The van der Waals surface area contributed by atoms with Crippen LogP contribution in [0.1, 0.15) is 4.88 Å². The lowest BCUT2D eigenvalue weighted by Crippen LogP contribution is -2.38. The SMILES string of the molecule is Clc1cc(Br)cc(Cl)c1N(Cc1cccs1)C1=NCCN1. The Kier molecular flexibility index (Phi) is 4.74. The van der Waals surface area contributed by atoms with Crippen LogP contribution in [0.25, 0.3) is 0 Å². The molecule has 1 aliphatic heterocycles. The minimum atomic E-state index is 0.599. The van der Waals surface area contributed by atoms with E-state index in [-0.39, 0.29) is 0 Å². The van der Waals surface area contributed by atoms with E-state index in [2.05, 4.69) is 37.7 Å². The maximum Gasteiger partial charge on any atom is 0.199 e. The highest BCUT2D eigenvalue weighted by Gasteiger charge is 2.22. The summed E-state index contributed by atoms with van der Waals surface area (Å²) >= 11 is 17.9. The van der Waals surface area contributed by atoms with Crippen molar-refractivity contribution in [1.82, 2.24) is 5.32 Å². The zero-order valence-electron chi connectivity index (χ0n) is 10.9. The fraction of sp³-hybridized carbons (Fsp3) is 0.214. The van der Waals surface area contributed by atoms with Crippen LogP contribution in [0.3, 0.4) is 0 Å². The molecule has 0 aliphatic carbocycles. The zero-order valence-corrected chi connectivity index (χ0v) is 14.9. The van der Waals surface area contributed by atoms with Gasteiger partial charge in [0.25, 0.3) is 0 Å². The Morgan fingerprint density at radius 1 is 1.33 bits per heavy atom. The fourth-order valence-corrected chi connectivity index (χ4v) is 4.28. The third-order valence-electron chi connectivity index (χ3n) is 3.06. The molecule has 0 fully saturated rings. The van der Waals surface area contributed by atoms with Crippen molar-refractivity contribution in [2.24, 2.45) is 4.99 Å². The van der Waals surface area contributed by atoms with Crippen LogP contribution in [0.15, 0.2) is 39.1 Å². The van der Waals surface area contributed by atoms with Crippen LogP contribution in [0.5, 0.6) is 0 Å². The van der Waals surface area contributed by atoms with Crippen molar-refractivity contribution in [3.8, 4) is 0 Å². The Balaban J connectivity index is 2.02. The summed E-state index contributed by atoms with van der Waals surface area (Å²) < 4.78 is 0.860. The van der Waals surface area contributed by atoms with Gasteiger partial charge in [-0.25, -0.2) is 0 Å². The first-order chi connectivity index (χ1) is 10.1. The zero-order chi connectivity index (χ0) is 14.8. The molecule has 3 nitrogen and oxygen atoms in total. The molecule has 1 aromatic heterocycles. The van der Waals surface area contributed by atoms with Gasteiger partial charge in [-0.1, -0.05) is 45.2 Å². The predicted molar refractivity (Wildman–Crippen MR) is 95.0 cm³/mol. The van der Waals surface area contributed by atoms with Crippen molar-refractivity contribution >= 4 is 62.1 Å². The molecule has 0 bridgehead atoms. The molecule has 0 atom stereocenters. The first-order valence-electron chi connectivity index (χ1n) is 6.38.